The summed E-state index contributed by atoms with van der Waals surface area (Å²) in [5.41, 5.74) is 2.55. The van der Waals surface area contributed by atoms with Crippen LogP contribution in [-0.4, -0.2) is 9.55 Å². The molecule has 1 aromatic heterocycles. The highest BCUT2D eigenvalue weighted by Gasteiger charge is 2.36. The molecule has 19 heavy (non-hydrogen) atoms. The molecule has 1 saturated carbocycles. The molecule has 0 N–H and O–H groups in total. The topological polar surface area (TPSA) is 17.8 Å². The summed E-state index contributed by atoms with van der Waals surface area (Å²) in [4.78, 5) is 4.62. The summed E-state index contributed by atoms with van der Waals surface area (Å²) in [6, 6.07) is 5.86. The summed E-state index contributed by atoms with van der Waals surface area (Å²) in [6.07, 6.45) is 5.18. The molecule has 0 amide bonds. The smallest absolute Gasteiger partial charge is 0.124 e. The molecule has 102 valence electrons. The first-order valence-corrected chi connectivity index (χ1v) is 7.79. The van der Waals surface area contributed by atoms with Gasteiger partial charge >= 0.3 is 0 Å². The molecule has 1 aliphatic carbocycles. The Bertz CT molecular complexity index is 594. The van der Waals surface area contributed by atoms with E-state index in [-0.39, 0.29) is 0 Å². The second kappa shape index (κ2) is 4.99. The molecule has 0 atom stereocenters. The molecule has 1 aromatic carbocycles. The lowest BCUT2D eigenvalue weighted by atomic mass is 9.67. The molecule has 2 nitrogen and oxygen atoms in total. The summed E-state index contributed by atoms with van der Waals surface area (Å²) < 4.78 is 2.27. The van der Waals surface area contributed by atoms with Gasteiger partial charge in [0.05, 0.1) is 16.9 Å². The van der Waals surface area contributed by atoms with Gasteiger partial charge in [0.15, 0.2) is 0 Å². The van der Waals surface area contributed by atoms with Crippen LogP contribution in [0.2, 0.25) is 5.02 Å². The van der Waals surface area contributed by atoms with E-state index >= 15 is 0 Å². The second-order valence-corrected chi connectivity index (χ2v) is 6.29. The van der Waals surface area contributed by atoms with Crippen LogP contribution in [0.15, 0.2) is 18.2 Å². The van der Waals surface area contributed by atoms with Gasteiger partial charge in [-0.1, -0.05) is 24.9 Å². The first-order valence-electron chi connectivity index (χ1n) is 6.88. The number of alkyl halides is 1. The van der Waals surface area contributed by atoms with Gasteiger partial charge in [0.25, 0.3) is 0 Å². The molecule has 0 radical (unpaired) electrons. The molecule has 3 rings (SSSR count). The van der Waals surface area contributed by atoms with Gasteiger partial charge in [-0.2, -0.15) is 0 Å². The second-order valence-electron chi connectivity index (χ2n) is 5.59. The monoisotopic (exact) mass is 296 g/mol. The Kier molecular flexibility index (Phi) is 3.48. The molecule has 0 bridgehead atoms. The van der Waals surface area contributed by atoms with Crippen LogP contribution in [0.5, 0.6) is 0 Å². The van der Waals surface area contributed by atoms with Crippen molar-refractivity contribution in [3.05, 3.63) is 29.0 Å². The fraction of sp³-hybridized carbons (Fsp3) is 0.533. The summed E-state index contributed by atoms with van der Waals surface area (Å²) in [5.74, 6) is 1.41. The van der Waals surface area contributed by atoms with Crippen molar-refractivity contribution in [3.8, 4) is 0 Å². The average Bonchev–Trinajstić information content (AvgIpc) is 2.71. The average molecular weight is 297 g/mol. The molecule has 1 heterocycles. The van der Waals surface area contributed by atoms with Crippen LogP contribution in [-0.2, 0) is 12.4 Å². The highest BCUT2D eigenvalue weighted by molar-refractivity contribution is 6.31. The van der Waals surface area contributed by atoms with Crippen molar-refractivity contribution < 1.29 is 0 Å². The molecule has 1 fully saturated rings. The fourth-order valence-electron chi connectivity index (χ4n) is 3.06. The zero-order chi connectivity index (χ0) is 13.5. The molecule has 0 aliphatic heterocycles. The van der Waals surface area contributed by atoms with E-state index in [1.807, 2.05) is 18.2 Å². The lowest BCUT2D eigenvalue weighted by molar-refractivity contribution is 0.101. The van der Waals surface area contributed by atoms with Crippen molar-refractivity contribution in [1.82, 2.24) is 9.55 Å². The maximum atomic E-state index is 6.12. The van der Waals surface area contributed by atoms with Gasteiger partial charge in [0.1, 0.15) is 5.82 Å². The van der Waals surface area contributed by atoms with E-state index < -0.39 is 0 Å². The maximum Gasteiger partial charge on any atom is 0.124 e. The first-order chi connectivity index (χ1) is 9.17. The molecule has 1 aliphatic rings. The molecular formula is C15H18Cl2N2. The Labute approximate surface area is 123 Å². The van der Waals surface area contributed by atoms with Crippen molar-refractivity contribution in [2.45, 2.75) is 45.0 Å². The minimum absolute atomic E-state index is 0.441. The Morgan fingerprint density at radius 2 is 2.16 bits per heavy atom. The standard InChI is InChI=1S/C15H18Cl2N2/c1-2-15(6-3-7-15)10-19-13-8-11(17)4-5-12(13)18-14(19)9-16/h4-5,8H,2-3,6-7,9-10H2,1H3. The number of hydrogen-bond acceptors (Lipinski definition) is 1. The number of hydrogen-bond donors (Lipinski definition) is 0. The van der Waals surface area contributed by atoms with Crippen molar-refractivity contribution in [3.63, 3.8) is 0 Å². The largest absolute Gasteiger partial charge is 0.326 e. The van der Waals surface area contributed by atoms with Crippen LogP contribution in [0, 0.1) is 5.41 Å². The van der Waals surface area contributed by atoms with Crippen LogP contribution in [0.25, 0.3) is 11.0 Å². The van der Waals surface area contributed by atoms with Crippen LogP contribution >= 0.6 is 23.2 Å². The lowest BCUT2D eigenvalue weighted by Gasteiger charge is -2.42. The summed E-state index contributed by atoms with van der Waals surface area (Å²) in [6.45, 7) is 3.30. The summed E-state index contributed by atoms with van der Waals surface area (Å²) >= 11 is 12.2. The molecule has 0 spiro atoms. The molecule has 4 heteroatoms. The van der Waals surface area contributed by atoms with Crippen LogP contribution < -0.4 is 0 Å². The first kappa shape index (κ1) is 13.3. The van der Waals surface area contributed by atoms with E-state index in [0.717, 1.165) is 28.4 Å². The van der Waals surface area contributed by atoms with Gasteiger partial charge < -0.3 is 4.57 Å². The molecule has 0 saturated heterocycles. The number of benzene rings is 1. The zero-order valence-electron chi connectivity index (χ0n) is 11.1. The van der Waals surface area contributed by atoms with Gasteiger partial charge in [-0.15, -0.1) is 11.6 Å². The normalized spacial score (nSPS) is 17.6. The Hall–Kier alpha value is -0.730. The van der Waals surface area contributed by atoms with Crippen LogP contribution in [0.3, 0.4) is 0 Å². The predicted molar refractivity (Wildman–Crippen MR) is 80.9 cm³/mol. The van der Waals surface area contributed by atoms with E-state index in [4.69, 9.17) is 23.2 Å². The van der Waals surface area contributed by atoms with Gasteiger partial charge in [-0.05, 0) is 42.9 Å². The highest BCUT2D eigenvalue weighted by atomic mass is 35.5. The van der Waals surface area contributed by atoms with E-state index in [1.54, 1.807) is 0 Å². The maximum absolute atomic E-state index is 6.12. The molecular weight excluding hydrogens is 279 g/mol. The summed E-state index contributed by atoms with van der Waals surface area (Å²) in [5, 5.41) is 0.758. The van der Waals surface area contributed by atoms with Gasteiger partial charge in [0, 0.05) is 11.6 Å². The van der Waals surface area contributed by atoms with Crippen molar-refractivity contribution in [1.29, 1.82) is 0 Å². The fourth-order valence-corrected chi connectivity index (χ4v) is 3.43. The minimum Gasteiger partial charge on any atom is -0.326 e. The Balaban J connectivity index is 2.07. The van der Waals surface area contributed by atoms with Gasteiger partial charge in [-0.25, -0.2) is 4.98 Å². The lowest BCUT2D eigenvalue weighted by Crippen LogP contribution is -2.33. The van der Waals surface area contributed by atoms with Crippen molar-refractivity contribution >= 4 is 34.2 Å². The number of nitrogens with zero attached hydrogens (tertiary/aromatic N) is 2. The summed E-state index contributed by atoms with van der Waals surface area (Å²) in [7, 11) is 0. The van der Waals surface area contributed by atoms with E-state index in [9.17, 15) is 0 Å². The third kappa shape index (κ3) is 2.25. The highest BCUT2D eigenvalue weighted by Crippen LogP contribution is 2.46. The van der Waals surface area contributed by atoms with Crippen molar-refractivity contribution in [2.24, 2.45) is 5.41 Å². The van der Waals surface area contributed by atoms with E-state index in [1.165, 1.54) is 25.7 Å². The SMILES string of the molecule is CCC1(Cn2c(CCl)nc3ccc(Cl)cc32)CCC1. The van der Waals surface area contributed by atoms with Crippen LogP contribution in [0.4, 0.5) is 0 Å². The molecule has 0 unspecified atom stereocenters. The van der Waals surface area contributed by atoms with Gasteiger partial charge in [0.2, 0.25) is 0 Å². The third-order valence-electron chi connectivity index (χ3n) is 4.57. The van der Waals surface area contributed by atoms with Crippen LogP contribution in [0.1, 0.15) is 38.4 Å². The number of rotatable bonds is 4. The zero-order valence-corrected chi connectivity index (χ0v) is 12.6. The van der Waals surface area contributed by atoms with Crippen molar-refractivity contribution in [2.75, 3.05) is 0 Å². The number of fused-ring (bicyclic) bond motifs is 1. The minimum atomic E-state index is 0.441. The van der Waals surface area contributed by atoms with E-state index in [0.29, 0.717) is 11.3 Å². The van der Waals surface area contributed by atoms with E-state index in [2.05, 4.69) is 16.5 Å². The Morgan fingerprint density at radius 3 is 2.74 bits per heavy atom. The number of aromatic nitrogens is 2. The number of halogens is 2. The third-order valence-corrected chi connectivity index (χ3v) is 5.04. The quantitative estimate of drug-likeness (QED) is 0.725. The Morgan fingerprint density at radius 1 is 1.37 bits per heavy atom. The van der Waals surface area contributed by atoms with Gasteiger partial charge in [-0.3, -0.25) is 0 Å². The predicted octanol–water partition coefficient (Wildman–Crippen LogP) is 5.01. The molecule has 2 aromatic rings. The number of imidazole rings is 1.